The number of rotatable bonds is 7. The Kier molecular flexibility index (Phi) is 5.08. The standard InChI is InChI=1S/C17H22N6O2/c1-2-21(10-13-11-22(20-19-13)12-16(18)24)15-8-9-23(17(15)25)14-6-4-3-5-7-14/h3-7,11,15H,2,8-10,12H2,1H3,(H2,18,24). The lowest BCUT2D eigenvalue weighted by Gasteiger charge is -2.25. The van der Waals surface area contributed by atoms with Crippen LogP contribution in [0.1, 0.15) is 19.0 Å². The molecule has 0 aliphatic carbocycles. The van der Waals surface area contributed by atoms with Crippen molar-refractivity contribution in [1.29, 1.82) is 0 Å². The number of nitrogens with two attached hydrogens (primary N) is 1. The molecule has 1 fully saturated rings. The number of primary amides is 1. The highest BCUT2D eigenvalue weighted by Crippen LogP contribution is 2.24. The molecule has 3 rings (SSSR count). The van der Waals surface area contributed by atoms with E-state index in [0.29, 0.717) is 18.8 Å². The Morgan fingerprint density at radius 1 is 1.36 bits per heavy atom. The minimum absolute atomic E-state index is 0.00324. The number of benzene rings is 1. The van der Waals surface area contributed by atoms with E-state index in [2.05, 4.69) is 15.2 Å². The number of carbonyl (C=O) groups is 2. The van der Waals surface area contributed by atoms with Crippen LogP contribution in [0.2, 0.25) is 0 Å². The van der Waals surface area contributed by atoms with Crippen LogP contribution in [0.25, 0.3) is 0 Å². The van der Waals surface area contributed by atoms with Gasteiger partial charge in [-0.2, -0.15) is 0 Å². The van der Waals surface area contributed by atoms with Crippen molar-refractivity contribution < 1.29 is 9.59 Å². The molecule has 1 unspecified atom stereocenters. The zero-order chi connectivity index (χ0) is 17.8. The van der Waals surface area contributed by atoms with Crippen molar-refractivity contribution in [2.24, 2.45) is 5.73 Å². The number of para-hydroxylation sites is 1. The maximum Gasteiger partial charge on any atom is 0.244 e. The van der Waals surface area contributed by atoms with E-state index < -0.39 is 5.91 Å². The normalized spacial score (nSPS) is 17.4. The molecule has 1 aliphatic rings. The van der Waals surface area contributed by atoms with Gasteiger partial charge in [-0.25, -0.2) is 4.68 Å². The van der Waals surface area contributed by atoms with Gasteiger partial charge in [-0.05, 0) is 25.1 Å². The van der Waals surface area contributed by atoms with Gasteiger partial charge in [-0.1, -0.05) is 30.3 Å². The van der Waals surface area contributed by atoms with Crippen LogP contribution in [0.5, 0.6) is 0 Å². The second-order valence-corrected chi connectivity index (χ2v) is 6.07. The molecule has 1 saturated heterocycles. The van der Waals surface area contributed by atoms with E-state index >= 15 is 0 Å². The van der Waals surface area contributed by atoms with E-state index in [9.17, 15) is 9.59 Å². The van der Waals surface area contributed by atoms with Gasteiger partial charge in [0.1, 0.15) is 6.54 Å². The number of likely N-dealkylation sites (N-methyl/N-ethyl adjacent to an activating group) is 1. The Morgan fingerprint density at radius 2 is 2.12 bits per heavy atom. The van der Waals surface area contributed by atoms with Gasteiger partial charge in [0.25, 0.3) is 0 Å². The molecule has 1 atom stereocenters. The fourth-order valence-electron chi connectivity index (χ4n) is 3.17. The van der Waals surface area contributed by atoms with E-state index in [-0.39, 0.29) is 18.5 Å². The maximum absolute atomic E-state index is 12.8. The summed E-state index contributed by atoms with van der Waals surface area (Å²) in [5, 5.41) is 7.96. The third kappa shape index (κ3) is 3.85. The first kappa shape index (κ1) is 17.1. The number of hydrogen-bond acceptors (Lipinski definition) is 5. The first-order valence-corrected chi connectivity index (χ1v) is 8.36. The van der Waals surface area contributed by atoms with Gasteiger partial charge >= 0.3 is 0 Å². The highest BCUT2D eigenvalue weighted by atomic mass is 16.2. The van der Waals surface area contributed by atoms with Gasteiger partial charge < -0.3 is 10.6 Å². The second kappa shape index (κ2) is 7.43. The first-order chi connectivity index (χ1) is 12.1. The average molecular weight is 342 g/mol. The van der Waals surface area contributed by atoms with Gasteiger partial charge in [-0.15, -0.1) is 5.10 Å². The van der Waals surface area contributed by atoms with Gasteiger partial charge in [0.2, 0.25) is 11.8 Å². The number of carbonyl (C=O) groups excluding carboxylic acids is 2. The molecule has 1 aromatic carbocycles. The molecule has 132 valence electrons. The molecule has 2 heterocycles. The van der Waals surface area contributed by atoms with E-state index in [4.69, 9.17) is 5.73 Å². The van der Waals surface area contributed by atoms with Gasteiger partial charge in [-0.3, -0.25) is 14.5 Å². The largest absolute Gasteiger partial charge is 0.368 e. The Labute approximate surface area is 146 Å². The predicted molar refractivity (Wildman–Crippen MR) is 92.5 cm³/mol. The van der Waals surface area contributed by atoms with Crippen molar-refractivity contribution in [3.05, 3.63) is 42.2 Å². The molecular formula is C17H22N6O2. The lowest BCUT2D eigenvalue weighted by atomic mass is 10.2. The topological polar surface area (TPSA) is 97.3 Å². The summed E-state index contributed by atoms with van der Waals surface area (Å²) in [5.41, 5.74) is 6.81. The Bertz CT molecular complexity index is 745. The number of amides is 2. The highest BCUT2D eigenvalue weighted by Gasteiger charge is 2.36. The number of anilines is 1. The van der Waals surface area contributed by atoms with Crippen molar-refractivity contribution in [1.82, 2.24) is 19.9 Å². The fraction of sp³-hybridized carbons (Fsp3) is 0.412. The SMILES string of the molecule is CCN(Cc1cn(CC(N)=O)nn1)C1CCN(c2ccccc2)C1=O. The van der Waals surface area contributed by atoms with Crippen molar-refractivity contribution in [2.75, 3.05) is 18.0 Å². The van der Waals surface area contributed by atoms with Crippen molar-refractivity contribution >= 4 is 17.5 Å². The molecule has 0 saturated carbocycles. The van der Waals surface area contributed by atoms with Crippen LogP contribution in [0.15, 0.2) is 36.5 Å². The third-order valence-electron chi connectivity index (χ3n) is 4.36. The zero-order valence-electron chi connectivity index (χ0n) is 14.2. The lowest BCUT2D eigenvalue weighted by Crippen LogP contribution is -2.41. The van der Waals surface area contributed by atoms with Crippen LogP contribution < -0.4 is 10.6 Å². The summed E-state index contributed by atoms with van der Waals surface area (Å²) in [6.45, 7) is 3.96. The molecule has 8 heteroatoms. The van der Waals surface area contributed by atoms with Crippen LogP contribution in [-0.2, 0) is 22.7 Å². The summed E-state index contributed by atoms with van der Waals surface area (Å²) in [4.78, 5) is 27.7. The summed E-state index contributed by atoms with van der Waals surface area (Å²) >= 11 is 0. The minimum atomic E-state index is -0.465. The molecule has 0 spiro atoms. The molecule has 2 N–H and O–H groups in total. The van der Waals surface area contributed by atoms with Crippen LogP contribution in [0.4, 0.5) is 5.69 Å². The predicted octanol–water partition coefficient (Wildman–Crippen LogP) is 0.391. The molecule has 2 amide bonds. The fourth-order valence-corrected chi connectivity index (χ4v) is 3.17. The molecule has 25 heavy (non-hydrogen) atoms. The quantitative estimate of drug-likeness (QED) is 0.785. The van der Waals surface area contributed by atoms with Crippen molar-refractivity contribution in [3.8, 4) is 0 Å². The number of aromatic nitrogens is 3. The number of nitrogens with zero attached hydrogens (tertiary/aromatic N) is 5. The van der Waals surface area contributed by atoms with Crippen molar-refractivity contribution in [2.45, 2.75) is 32.5 Å². The van der Waals surface area contributed by atoms with E-state index in [1.54, 1.807) is 6.20 Å². The van der Waals surface area contributed by atoms with E-state index in [1.807, 2.05) is 42.2 Å². The summed E-state index contributed by atoms with van der Waals surface area (Å²) in [5.74, 6) is -0.356. The summed E-state index contributed by atoms with van der Waals surface area (Å²) in [6.07, 6.45) is 2.47. The van der Waals surface area contributed by atoms with Gasteiger partial charge in [0, 0.05) is 18.8 Å². The van der Waals surface area contributed by atoms with Crippen LogP contribution in [0, 0.1) is 0 Å². The molecule has 8 nitrogen and oxygen atoms in total. The molecule has 0 radical (unpaired) electrons. The minimum Gasteiger partial charge on any atom is -0.368 e. The maximum atomic E-state index is 12.8. The third-order valence-corrected chi connectivity index (χ3v) is 4.36. The van der Waals surface area contributed by atoms with E-state index in [0.717, 1.165) is 18.7 Å². The molecule has 1 aromatic heterocycles. The van der Waals surface area contributed by atoms with Gasteiger partial charge in [0.05, 0.1) is 17.9 Å². The molecule has 0 bridgehead atoms. The molecular weight excluding hydrogens is 320 g/mol. The zero-order valence-corrected chi connectivity index (χ0v) is 14.2. The van der Waals surface area contributed by atoms with Crippen LogP contribution in [-0.4, -0.2) is 50.8 Å². The van der Waals surface area contributed by atoms with Gasteiger partial charge in [0.15, 0.2) is 0 Å². The monoisotopic (exact) mass is 342 g/mol. The summed E-state index contributed by atoms with van der Waals surface area (Å²) in [6, 6.07) is 9.54. The Hall–Kier alpha value is -2.74. The smallest absolute Gasteiger partial charge is 0.244 e. The second-order valence-electron chi connectivity index (χ2n) is 6.07. The van der Waals surface area contributed by atoms with Crippen LogP contribution >= 0.6 is 0 Å². The summed E-state index contributed by atoms with van der Waals surface area (Å²) in [7, 11) is 0. The van der Waals surface area contributed by atoms with Crippen LogP contribution in [0.3, 0.4) is 0 Å². The highest BCUT2D eigenvalue weighted by molar-refractivity contribution is 5.99. The average Bonchev–Trinajstić information content (AvgIpc) is 3.19. The summed E-state index contributed by atoms with van der Waals surface area (Å²) < 4.78 is 1.41. The lowest BCUT2D eigenvalue weighted by molar-refractivity contribution is -0.122. The van der Waals surface area contributed by atoms with E-state index in [1.165, 1.54) is 4.68 Å². The molecule has 1 aliphatic heterocycles. The number of hydrogen-bond donors (Lipinski definition) is 1. The first-order valence-electron chi connectivity index (χ1n) is 8.36. The Balaban J connectivity index is 1.68. The molecule has 2 aromatic rings. The Morgan fingerprint density at radius 3 is 2.80 bits per heavy atom. The van der Waals surface area contributed by atoms with Crippen molar-refractivity contribution in [3.63, 3.8) is 0 Å².